The molecule has 0 aliphatic carbocycles. The minimum absolute atomic E-state index is 0.207. The number of carbonyl (C=O) groups is 1. The van der Waals surface area contributed by atoms with Gasteiger partial charge in [0.2, 0.25) is 0 Å². The number of hydrogen-bond donors (Lipinski definition) is 1. The number of ether oxygens (including phenoxy) is 1. The first-order valence-electron chi connectivity index (χ1n) is 5.00. The Labute approximate surface area is 103 Å². The first-order valence-corrected chi connectivity index (χ1v) is 5.88. The zero-order chi connectivity index (χ0) is 12.4. The van der Waals surface area contributed by atoms with Gasteiger partial charge in [-0.1, -0.05) is 17.4 Å². The van der Waals surface area contributed by atoms with E-state index in [0.29, 0.717) is 10.9 Å². The maximum absolute atomic E-state index is 10.9. The summed E-state index contributed by atoms with van der Waals surface area (Å²) in [6.07, 6.45) is 0. The van der Waals surface area contributed by atoms with Crippen LogP contribution in [0.4, 0.5) is 0 Å². The van der Waals surface area contributed by atoms with Gasteiger partial charge in [-0.05, 0) is 31.5 Å². The van der Waals surface area contributed by atoms with Gasteiger partial charge in [0.25, 0.3) is 5.19 Å². The van der Waals surface area contributed by atoms with E-state index in [1.54, 1.807) is 12.1 Å². The van der Waals surface area contributed by atoms with Gasteiger partial charge in [-0.2, -0.15) is 0 Å². The first-order chi connectivity index (χ1) is 8.06. The van der Waals surface area contributed by atoms with Gasteiger partial charge in [-0.3, -0.25) is 0 Å². The quantitative estimate of drug-likeness (QED) is 0.907. The van der Waals surface area contributed by atoms with Gasteiger partial charge < -0.3 is 9.84 Å². The molecule has 2 aromatic rings. The predicted molar refractivity (Wildman–Crippen MR) is 65.1 cm³/mol. The lowest BCUT2D eigenvalue weighted by Crippen LogP contribution is -1.97. The maximum atomic E-state index is 10.9. The van der Waals surface area contributed by atoms with Gasteiger partial charge in [0.05, 0.1) is 11.3 Å². The molecule has 0 spiro atoms. The highest BCUT2D eigenvalue weighted by Gasteiger charge is 2.09. The van der Waals surface area contributed by atoms with E-state index in [-0.39, 0.29) is 5.56 Å². The van der Waals surface area contributed by atoms with Crippen molar-refractivity contribution < 1.29 is 14.6 Å². The molecule has 0 unspecified atom stereocenters. The molecular formula is C12H11NO3S. The number of thiazole rings is 1. The number of rotatable bonds is 3. The van der Waals surface area contributed by atoms with E-state index in [4.69, 9.17) is 9.84 Å². The lowest BCUT2D eigenvalue weighted by atomic mass is 10.1. The zero-order valence-electron chi connectivity index (χ0n) is 9.43. The Kier molecular flexibility index (Phi) is 3.10. The molecule has 0 radical (unpaired) electrons. The number of benzene rings is 1. The van der Waals surface area contributed by atoms with E-state index in [1.807, 2.05) is 19.2 Å². The van der Waals surface area contributed by atoms with Crippen LogP contribution >= 0.6 is 11.3 Å². The summed E-state index contributed by atoms with van der Waals surface area (Å²) in [4.78, 5) is 15.0. The van der Waals surface area contributed by atoms with E-state index in [1.165, 1.54) is 17.4 Å². The number of aromatic carboxylic acids is 1. The Morgan fingerprint density at radius 3 is 2.76 bits per heavy atom. The molecule has 5 heteroatoms. The van der Waals surface area contributed by atoms with E-state index in [9.17, 15) is 4.79 Å². The number of aryl methyl sites for hydroxylation is 2. The monoisotopic (exact) mass is 249 g/mol. The van der Waals surface area contributed by atoms with Crippen molar-refractivity contribution in [2.45, 2.75) is 13.8 Å². The summed E-state index contributed by atoms with van der Waals surface area (Å²) in [5.41, 5.74) is 1.97. The molecule has 0 aliphatic heterocycles. The second-order valence-corrected chi connectivity index (χ2v) is 4.46. The molecule has 4 nitrogen and oxygen atoms in total. The van der Waals surface area contributed by atoms with Crippen LogP contribution in [-0.4, -0.2) is 16.1 Å². The molecule has 0 aliphatic rings. The van der Waals surface area contributed by atoms with Crippen LogP contribution in [0.25, 0.3) is 0 Å². The average Bonchev–Trinajstić information content (AvgIpc) is 2.67. The lowest BCUT2D eigenvalue weighted by Gasteiger charge is -2.06. The predicted octanol–water partition coefficient (Wildman–Crippen LogP) is 3.25. The van der Waals surface area contributed by atoms with Gasteiger partial charge in [0.15, 0.2) is 0 Å². The van der Waals surface area contributed by atoms with Gasteiger partial charge in [0, 0.05) is 5.38 Å². The van der Waals surface area contributed by atoms with Gasteiger partial charge >= 0.3 is 5.97 Å². The van der Waals surface area contributed by atoms with Gasteiger partial charge in [-0.15, -0.1) is 0 Å². The molecule has 0 atom stereocenters. The molecular weight excluding hydrogens is 238 g/mol. The third-order valence-corrected chi connectivity index (χ3v) is 3.07. The van der Waals surface area contributed by atoms with Crippen molar-refractivity contribution in [1.82, 2.24) is 4.98 Å². The van der Waals surface area contributed by atoms with Crippen molar-refractivity contribution in [3.63, 3.8) is 0 Å². The Hall–Kier alpha value is -1.88. The van der Waals surface area contributed by atoms with Crippen LogP contribution in [0.2, 0.25) is 0 Å². The van der Waals surface area contributed by atoms with E-state index < -0.39 is 5.97 Å². The van der Waals surface area contributed by atoms with Crippen LogP contribution in [0.1, 0.15) is 21.6 Å². The van der Waals surface area contributed by atoms with Gasteiger partial charge in [-0.25, -0.2) is 9.78 Å². The molecule has 0 amide bonds. The standard InChI is InChI=1S/C12H11NO3S/c1-7-3-4-9(11(14)15)5-10(7)16-12-13-8(2)6-17-12/h3-6H,1-2H3,(H,14,15). The van der Waals surface area contributed by atoms with E-state index >= 15 is 0 Å². The number of nitrogens with zero attached hydrogens (tertiary/aromatic N) is 1. The highest BCUT2D eigenvalue weighted by molar-refractivity contribution is 7.11. The van der Waals surface area contributed by atoms with Crippen LogP contribution in [0, 0.1) is 13.8 Å². The zero-order valence-corrected chi connectivity index (χ0v) is 10.2. The fourth-order valence-corrected chi connectivity index (χ4v) is 1.98. The summed E-state index contributed by atoms with van der Waals surface area (Å²) < 4.78 is 5.56. The third-order valence-electron chi connectivity index (χ3n) is 2.23. The topological polar surface area (TPSA) is 59.4 Å². The summed E-state index contributed by atoms with van der Waals surface area (Å²) in [6, 6.07) is 4.78. The largest absolute Gasteiger partial charge is 0.478 e. The number of hydrogen-bond acceptors (Lipinski definition) is 4. The fourth-order valence-electron chi connectivity index (χ4n) is 1.32. The number of carboxylic acid groups (broad SMARTS) is 1. The molecule has 1 heterocycles. The Bertz CT molecular complexity index is 563. The molecule has 0 saturated carbocycles. The molecule has 1 aromatic heterocycles. The molecule has 88 valence electrons. The third kappa shape index (κ3) is 2.62. The van der Waals surface area contributed by atoms with E-state index in [2.05, 4.69) is 4.98 Å². The van der Waals surface area contributed by atoms with Crippen molar-refractivity contribution in [2.75, 3.05) is 0 Å². The fraction of sp³-hybridized carbons (Fsp3) is 0.167. The summed E-state index contributed by atoms with van der Waals surface area (Å²) in [7, 11) is 0. The van der Waals surface area contributed by atoms with Crippen molar-refractivity contribution in [2.24, 2.45) is 0 Å². The number of carboxylic acids is 1. The summed E-state index contributed by atoms with van der Waals surface area (Å²) in [5.74, 6) is -0.440. The molecule has 1 aromatic carbocycles. The molecule has 0 fully saturated rings. The SMILES string of the molecule is Cc1csc(Oc2cc(C(=O)O)ccc2C)n1. The Morgan fingerprint density at radius 1 is 1.41 bits per heavy atom. The van der Waals surface area contributed by atoms with Crippen molar-refractivity contribution in [1.29, 1.82) is 0 Å². The average molecular weight is 249 g/mol. The minimum Gasteiger partial charge on any atom is -0.478 e. The smallest absolute Gasteiger partial charge is 0.335 e. The van der Waals surface area contributed by atoms with Crippen LogP contribution in [0.3, 0.4) is 0 Å². The van der Waals surface area contributed by atoms with Crippen LogP contribution < -0.4 is 4.74 Å². The number of aromatic nitrogens is 1. The summed E-state index contributed by atoms with van der Waals surface area (Å²) in [6.45, 7) is 3.74. The second-order valence-electron chi connectivity index (χ2n) is 3.64. The maximum Gasteiger partial charge on any atom is 0.335 e. The molecule has 0 saturated heterocycles. The first kappa shape index (κ1) is 11.6. The lowest BCUT2D eigenvalue weighted by molar-refractivity contribution is 0.0696. The van der Waals surface area contributed by atoms with E-state index in [0.717, 1.165) is 11.3 Å². The molecule has 2 rings (SSSR count). The van der Waals surface area contributed by atoms with Gasteiger partial charge in [0.1, 0.15) is 5.75 Å². The highest BCUT2D eigenvalue weighted by atomic mass is 32.1. The highest BCUT2D eigenvalue weighted by Crippen LogP contribution is 2.28. The second kappa shape index (κ2) is 4.55. The molecule has 0 bridgehead atoms. The summed E-state index contributed by atoms with van der Waals surface area (Å²) in [5, 5.41) is 11.3. The van der Waals surface area contributed by atoms with Crippen molar-refractivity contribution in [3.05, 3.63) is 40.4 Å². The molecule has 17 heavy (non-hydrogen) atoms. The van der Waals surface area contributed by atoms with Crippen molar-refractivity contribution >= 4 is 17.3 Å². The Balaban J connectivity index is 2.31. The Morgan fingerprint density at radius 2 is 2.18 bits per heavy atom. The summed E-state index contributed by atoms with van der Waals surface area (Å²) >= 11 is 1.39. The van der Waals surface area contributed by atoms with Crippen LogP contribution in [0.5, 0.6) is 10.9 Å². The normalized spacial score (nSPS) is 10.2. The van der Waals surface area contributed by atoms with Crippen LogP contribution in [0.15, 0.2) is 23.6 Å². The van der Waals surface area contributed by atoms with Crippen molar-refractivity contribution in [3.8, 4) is 10.9 Å². The van der Waals surface area contributed by atoms with Crippen LogP contribution in [-0.2, 0) is 0 Å². The minimum atomic E-state index is -0.967. The molecule has 1 N–H and O–H groups in total.